The van der Waals surface area contributed by atoms with Crippen molar-refractivity contribution >= 4 is 33.2 Å². The van der Waals surface area contributed by atoms with Gasteiger partial charge in [-0.05, 0) is 37.5 Å². The molecule has 1 aliphatic carbocycles. The van der Waals surface area contributed by atoms with E-state index in [9.17, 15) is 4.79 Å². The Morgan fingerprint density at radius 1 is 1.32 bits per heavy atom. The van der Waals surface area contributed by atoms with Gasteiger partial charge in [0.25, 0.3) is 0 Å². The zero-order valence-corrected chi connectivity index (χ0v) is 14.1. The number of morpholine rings is 1. The standard InChI is InChI=1S/C16H22BrN3O2/c17-12-2-4-15(20-5-7-22-8-6-20)14(10-12)19-16(21)11-1-3-13(18)9-11/h2,4,10-11,13H,1,3,5-9,18H2,(H,19,21). The number of nitrogens with one attached hydrogen (secondary N) is 1. The molecule has 1 aromatic carbocycles. The number of nitrogens with zero attached hydrogens (tertiary/aromatic N) is 1. The van der Waals surface area contributed by atoms with Gasteiger partial charge in [-0.3, -0.25) is 4.79 Å². The predicted molar refractivity (Wildman–Crippen MR) is 91.1 cm³/mol. The lowest BCUT2D eigenvalue weighted by Crippen LogP contribution is -2.37. The van der Waals surface area contributed by atoms with Gasteiger partial charge in [-0.1, -0.05) is 15.9 Å². The molecule has 1 saturated carbocycles. The molecule has 6 heteroatoms. The quantitative estimate of drug-likeness (QED) is 0.860. The van der Waals surface area contributed by atoms with Gasteiger partial charge < -0.3 is 20.7 Å². The van der Waals surface area contributed by atoms with Crippen LogP contribution in [0.15, 0.2) is 22.7 Å². The van der Waals surface area contributed by atoms with Gasteiger partial charge >= 0.3 is 0 Å². The summed E-state index contributed by atoms with van der Waals surface area (Å²) in [5, 5.41) is 3.10. The van der Waals surface area contributed by atoms with Crippen molar-refractivity contribution in [2.24, 2.45) is 11.7 Å². The molecular weight excluding hydrogens is 346 g/mol. The number of anilines is 2. The Labute approximate surface area is 139 Å². The molecule has 2 aliphatic rings. The molecule has 0 radical (unpaired) electrons. The molecule has 5 nitrogen and oxygen atoms in total. The second kappa shape index (κ2) is 6.98. The van der Waals surface area contributed by atoms with E-state index in [1.54, 1.807) is 0 Å². The average molecular weight is 368 g/mol. The lowest BCUT2D eigenvalue weighted by molar-refractivity contribution is -0.119. The molecule has 3 rings (SSSR count). The van der Waals surface area contributed by atoms with Gasteiger partial charge in [0.15, 0.2) is 0 Å². The van der Waals surface area contributed by atoms with E-state index in [1.165, 1.54) is 0 Å². The second-order valence-corrected chi connectivity index (χ2v) is 6.94. The van der Waals surface area contributed by atoms with Crippen LogP contribution < -0.4 is 16.0 Å². The first-order valence-electron chi connectivity index (χ1n) is 7.82. The fourth-order valence-corrected chi connectivity index (χ4v) is 3.54. The third kappa shape index (κ3) is 3.62. The van der Waals surface area contributed by atoms with Crippen LogP contribution in [0.4, 0.5) is 11.4 Å². The van der Waals surface area contributed by atoms with E-state index in [1.807, 2.05) is 18.2 Å². The zero-order valence-electron chi connectivity index (χ0n) is 12.6. The van der Waals surface area contributed by atoms with E-state index in [0.717, 1.165) is 61.4 Å². The van der Waals surface area contributed by atoms with E-state index >= 15 is 0 Å². The van der Waals surface area contributed by atoms with Gasteiger partial charge in [0, 0.05) is 29.5 Å². The number of hydrogen-bond acceptors (Lipinski definition) is 4. The third-order valence-electron chi connectivity index (χ3n) is 4.41. The summed E-state index contributed by atoms with van der Waals surface area (Å²) in [5.41, 5.74) is 7.84. The van der Waals surface area contributed by atoms with Crippen molar-refractivity contribution in [2.45, 2.75) is 25.3 Å². The average Bonchev–Trinajstić information content (AvgIpc) is 2.95. The molecule has 2 unspecified atom stereocenters. The van der Waals surface area contributed by atoms with Crippen molar-refractivity contribution in [1.29, 1.82) is 0 Å². The van der Waals surface area contributed by atoms with Crippen molar-refractivity contribution in [2.75, 3.05) is 36.5 Å². The minimum atomic E-state index is 0.0338. The number of ether oxygens (including phenoxy) is 1. The molecule has 1 aliphatic heterocycles. The van der Waals surface area contributed by atoms with Gasteiger partial charge in [0.2, 0.25) is 5.91 Å². The van der Waals surface area contributed by atoms with Gasteiger partial charge in [-0.15, -0.1) is 0 Å². The zero-order chi connectivity index (χ0) is 15.5. The van der Waals surface area contributed by atoms with Gasteiger partial charge in [-0.25, -0.2) is 0 Å². The Bertz CT molecular complexity index is 546. The molecule has 1 saturated heterocycles. The predicted octanol–water partition coefficient (Wildman–Crippen LogP) is 2.35. The number of benzene rings is 1. The first-order valence-corrected chi connectivity index (χ1v) is 8.61. The van der Waals surface area contributed by atoms with Crippen molar-refractivity contribution in [3.63, 3.8) is 0 Å². The van der Waals surface area contributed by atoms with Gasteiger partial charge in [0.05, 0.1) is 24.6 Å². The topological polar surface area (TPSA) is 67.6 Å². The Hall–Kier alpha value is -1.11. The fourth-order valence-electron chi connectivity index (χ4n) is 3.18. The van der Waals surface area contributed by atoms with Crippen LogP contribution in [0.1, 0.15) is 19.3 Å². The third-order valence-corrected chi connectivity index (χ3v) is 4.91. The highest BCUT2D eigenvalue weighted by atomic mass is 79.9. The molecule has 2 atom stereocenters. The lowest BCUT2D eigenvalue weighted by Gasteiger charge is -2.31. The van der Waals surface area contributed by atoms with Crippen molar-refractivity contribution < 1.29 is 9.53 Å². The molecule has 1 aromatic rings. The Kier molecular flexibility index (Phi) is 5.00. The first-order chi connectivity index (χ1) is 10.6. The van der Waals surface area contributed by atoms with Crippen LogP contribution in [0, 0.1) is 5.92 Å². The number of hydrogen-bond donors (Lipinski definition) is 2. The molecule has 0 bridgehead atoms. The highest BCUT2D eigenvalue weighted by molar-refractivity contribution is 9.10. The summed E-state index contributed by atoms with van der Waals surface area (Å²) in [6.45, 7) is 3.14. The van der Waals surface area contributed by atoms with E-state index in [0.29, 0.717) is 0 Å². The summed E-state index contributed by atoms with van der Waals surface area (Å²) in [6.07, 6.45) is 2.60. The smallest absolute Gasteiger partial charge is 0.227 e. The minimum absolute atomic E-state index is 0.0338. The van der Waals surface area contributed by atoms with Crippen LogP contribution in [0.25, 0.3) is 0 Å². The van der Waals surface area contributed by atoms with E-state index in [-0.39, 0.29) is 17.9 Å². The molecule has 120 valence electrons. The number of nitrogens with two attached hydrogens (primary N) is 1. The number of halogens is 1. The van der Waals surface area contributed by atoms with Crippen molar-refractivity contribution in [3.05, 3.63) is 22.7 Å². The van der Waals surface area contributed by atoms with Crippen molar-refractivity contribution in [3.8, 4) is 0 Å². The van der Waals surface area contributed by atoms with Crippen LogP contribution >= 0.6 is 15.9 Å². The summed E-state index contributed by atoms with van der Waals surface area (Å²) in [6, 6.07) is 6.19. The van der Waals surface area contributed by atoms with Crippen LogP contribution in [-0.4, -0.2) is 38.3 Å². The molecular formula is C16H22BrN3O2. The van der Waals surface area contributed by atoms with Crippen LogP contribution in [0.2, 0.25) is 0 Å². The largest absolute Gasteiger partial charge is 0.378 e. The maximum Gasteiger partial charge on any atom is 0.227 e. The highest BCUT2D eigenvalue weighted by Gasteiger charge is 2.28. The molecule has 0 spiro atoms. The van der Waals surface area contributed by atoms with E-state index in [4.69, 9.17) is 10.5 Å². The fraction of sp³-hybridized carbons (Fsp3) is 0.562. The lowest BCUT2D eigenvalue weighted by atomic mass is 10.1. The maximum atomic E-state index is 12.5. The molecule has 1 amide bonds. The molecule has 2 fully saturated rings. The highest BCUT2D eigenvalue weighted by Crippen LogP contribution is 2.32. The van der Waals surface area contributed by atoms with Crippen LogP contribution in [0.5, 0.6) is 0 Å². The number of carbonyl (C=O) groups excluding carboxylic acids is 1. The van der Waals surface area contributed by atoms with Crippen LogP contribution in [-0.2, 0) is 9.53 Å². The van der Waals surface area contributed by atoms with Crippen molar-refractivity contribution in [1.82, 2.24) is 0 Å². The molecule has 3 N–H and O–H groups in total. The summed E-state index contributed by atoms with van der Waals surface area (Å²) in [5.74, 6) is 0.118. The Balaban J connectivity index is 1.76. The number of carbonyl (C=O) groups is 1. The first kappa shape index (κ1) is 15.8. The van der Waals surface area contributed by atoms with Gasteiger partial charge in [0.1, 0.15) is 0 Å². The summed E-state index contributed by atoms with van der Waals surface area (Å²) >= 11 is 3.49. The molecule has 1 heterocycles. The normalized spacial score (nSPS) is 25.3. The summed E-state index contributed by atoms with van der Waals surface area (Å²) in [4.78, 5) is 14.7. The SMILES string of the molecule is NC1CCC(C(=O)Nc2cc(Br)ccc2N2CCOCC2)C1. The molecule has 0 aromatic heterocycles. The maximum absolute atomic E-state index is 12.5. The number of amides is 1. The Morgan fingerprint density at radius 2 is 2.09 bits per heavy atom. The van der Waals surface area contributed by atoms with E-state index < -0.39 is 0 Å². The monoisotopic (exact) mass is 367 g/mol. The second-order valence-electron chi connectivity index (χ2n) is 6.02. The van der Waals surface area contributed by atoms with Gasteiger partial charge in [-0.2, -0.15) is 0 Å². The van der Waals surface area contributed by atoms with Crippen LogP contribution in [0.3, 0.4) is 0 Å². The molecule has 22 heavy (non-hydrogen) atoms. The Morgan fingerprint density at radius 3 is 2.77 bits per heavy atom. The minimum Gasteiger partial charge on any atom is -0.378 e. The van der Waals surface area contributed by atoms with E-state index in [2.05, 4.69) is 26.1 Å². The summed E-state index contributed by atoms with van der Waals surface area (Å²) < 4.78 is 6.37. The number of rotatable bonds is 3. The summed E-state index contributed by atoms with van der Waals surface area (Å²) in [7, 11) is 0.